The van der Waals surface area contributed by atoms with Crippen molar-refractivity contribution in [2.75, 3.05) is 15.7 Å². The van der Waals surface area contributed by atoms with Crippen LogP contribution in [0.25, 0.3) is 0 Å². The second-order valence-corrected chi connectivity index (χ2v) is 10.2. The van der Waals surface area contributed by atoms with Crippen LogP contribution in [-0.4, -0.2) is 30.6 Å². The number of hydrogen-bond acceptors (Lipinski definition) is 7. The van der Waals surface area contributed by atoms with Crippen molar-refractivity contribution in [1.82, 2.24) is 0 Å². The highest BCUT2D eigenvalue weighted by molar-refractivity contribution is 7.81. The van der Waals surface area contributed by atoms with Crippen LogP contribution in [0.1, 0.15) is 21.5 Å². The van der Waals surface area contributed by atoms with Crippen molar-refractivity contribution in [2.45, 2.75) is 13.8 Å². The zero-order chi connectivity index (χ0) is 29.0. The molecule has 4 rings (SSSR count). The summed E-state index contributed by atoms with van der Waals surface area (Å²) in [5.41, 5.74) is 2.05. The Kier molecular flexibility index (Phi) is 8.95. The topological polar surface area (TPSA) is 122 Å². The van der Waals surface area contributed by atoms with Crippen molar-refractivity contribution < 1.29 is 36.2 Å². The van der Waals surface area contributed by atoms with E-state index in [0.717, 1.165) is 32.9 Å². The van der Waals surface area contributed by atoms with Crippen LogP contribution in [0.5, 0.6) is 11.5 Å². The normalized spacial score (nSPS) is 12.3. The van der Waals surface area contributed by atoms with E-state index in [4.69, 9.17) is 9.47 Å². The average molecular weight is 583 g/mol. The molecule has 0 aromatic heterocycles. The number of rotatable bonds is 9. The number of anilines is 4. The van der Waals surface area contributed by atoms with E-state index in [2.05, 4.69) is 0 Å². The number of aryl methyl sites for hydroxylation is 2. The minimum absolute atomic E-state index is 0.00754. The third-order valence-electron chi connectivity index (χ3n) is 5.80. The van der Waals surface area contributed by atoms with E-state index in [-0.39, 0.29) is 34.1 Å². The number of methoxy groups -OCH3 is 1. The Hall–Kier alpha value is -4.10. The molecule has 0 spiro atoms. The fraction of sp³-hybridized carbons (Fsp3) is 0.107. The average Bonchev–Trinajstić information content (AvgIpc) is 2.92. The minimum Gasteiger partial charge on any atom is -0.755 e. The zero-order valence-corrected chi connectivity index (χ0v) is 23.2. The Morgan fingerprint density at radius 2 is 1.18 bits per heavy atom. The van der Waals surface area contributed by atoms with Crippen LogP contribution in [0, 0.1) is 19.7 Å². The number of carbonyl (C=O) groups excluding carboxylic acids is 1. The van der Waals surface area contributed by atoms with Crippen molar-refractivity contribution in [3.8, 4) is 11.5 Å². The minimum atomic E-state index is -2.81. The van der Waals surface area contributed by atoms with Gasteiger partial charge in [-0.15, -0.1) is 0 Å². The van der Waals surface area contributed by atoms with Crippen LogP contribution in [-0.2, 0) is 27.3 Å². The molecule has 0 amide bonds. The molecule has 0 saturated carbocycles. The van der Waals surface area contributed by atoms with E-state index in [0.29, 0.717) is 5.69 Å². The molecular weight excluding hydrogens is 559 g/mol. The lowest BCUT2D eigenvalue weighted by Crippen LogP contribution is -2.22. The highest BCUT2D eigenvalue weighted by Crippen LogP contribution is 2.36. The second-order valence-electron chi connectivity index (χ2n) is 8.58. The van der Waals surface area contributed by atoms with Gasteiger partial charge in [-0.25, -0.2) is 9.18 Å². The number of halogens is 1. The van der Waals surface area contributed by atoms with Crippen LogP contribution < -0.4 is 13.3 Å². The molecule has 2 unspecified atom stereocenters. The summed E-state index contributed by atoms with van der Waals surface area (Å²) in [5, 5.41) is 0. The van der Waals surface area contributed by atoms with Crippen molar-refractivity contribution in [1.29, 1.82) is 0 Å². The summed E-state index contributed by atoms with van der Waals surface area (Å²) in [6, 6.07) is 20.8. The molecule has 0 saturated heterocycles. The van der Waals surface area contributed by atoms with Crippen LogP contribution in [0.2, 0.25) is 0 Å². The maximum absolute atomic E-state index is 15.1. The highest BCUT2D eigenvalue weighted by Gasteiger charge is 2.22. The van der Waals surface area contributed by atoms with Gasteiger partial charge in [-0.3, -0.25) is 17.0 Å². The molecule has 208 valence electrons. The van der Waals surface area contributed by atoms with Crippen molar-refractivity contribution in [3.63, 3.8) is 0 Å². The van der Waals surface area contributed by atoms with Gasteiger partial charge in [-0.2, -0.15) is 0 Å². The van der Waals surface area contributed by atoms with Crippen LogP contribution in [0.4, 0.5) is 27.1 Å². The first-order valence-corrected chi connectivity index (χ1v) is 13.8. The SMILES string of the molecule is COC(=O)c1cc(Oc2ccc(N(c3ccc(C)cc3)S(=O)[O-])c(F)c2)ccc1N(c1ccc(C)cc1)S(=O)[O-]. The van der Waals surface area contributed by atoms with Crippen molar-refractivity contribution >= 4 is 51.3 Å². The Bertz CT molecular complexity index is 1580. The van der Waals surface area contributed by atoms with Crippen LogP contribution >= 0.6 is 0 Å². The monoisotopic (exact) mass is 582 g/mol. The van der Waals surface area contributed by atoms with E-state index >= 15 is 4.39 Å². The van der Waals surface area contributed by atoms with Gasteiger partial charge in [0.15, 0.2) is 5.82 Å². The quantitative estimate of drug-likeness (QED) is 0.178. The fourth-order valence-corrected chi connectivity index (χ4v) is 5.07. The molecule has 0 radical (unpaired) electrons. The van der Waals surface area contributed by atoms with Crippen LogP contribution in [0.3, 0.4) is 0 Å². The first-order chi connectivity index (χ1) is 19.1. The van der Waals surface area contributed by atoms with Gasteiger partial charge in [-0.1, -0.05) is 35.4 Å². The number of esters is 1. The molecule has 4 aromatic rings. The predicted molar refractivity (Wildman–Crippen MR) is 149 cm³/mol. The van der Waals surface area contributed by atoms with Gasteiger partial charge in [0.1, 0.15) is 11.5 Å². The smallest absolute Gasteiger partial charge is 0.340 e. The number of ether oxygens (including phenoxy) is 2. The lowest BCUT2D eigenvalue weighted by atomic mass is 10.1. The Morgan fingerprint density at radius 3 is 1.62 bits per heavy atom. The van der Waals surface area contributed by atoms with E-state index in [1.54, 1.807) is 48.5 Å². The Labute approximate surface area is 235 Å². The first kappa shape index (κ1) is 28.9. The maximum Gasteiger partial charge on any atom is 0.340 e. The fourth-order valence-electron chi connectivity index (χ4n) is 3.85. The molecule has 4 aromatic carbocycles. The molecule has 2 atom stereocenters. The summed E-state index contributed by atoms with van der Waals surface area (Å²) in [6.07, 6.45) is 0. The molecular formula is C28H23FN2O7S2-2. The first-order valence-electron chi connectivity index (χ1n) is 11.7. The molecule has 12 heteroatoms. The lowest BCUT2D eigenvalue weighted by Gasteiger charge is -2.28. The molecule has 0 N–H and O–H groups in total. The molecule has 0 aliphatic rings. The number of hydrogen-bond donors (Lipinski definition) is 0. The summed E-state index contributed by atoms with van der Waals surface area (Å²) >= 11 is -5.60. The van der Waals surface area contributed by atoms with E-state index in [1.807, 2.05) is 13.8 Å². The zero-order valence-electron chi connectivity index (χ0n) is 21.5. The van der Waals surface area contributed by atoms with Gasteiger partial charge in [0, 0.05) is 6.07 Å². The summed E-state index contributed by atoms with van der Waals surface area (Å²) in [7, 11) is 1.15. The molecule has 0 aliphatic heterocycles. The molecule has 40 heavy (non-hydrogen) atoms. The van der Waals surface area contributed by atoms with Gasteiger partial charge in [-0.05, 0) is 68.4 Å². The molecule has 0 aliphatic carbocycles. The second kappa shape index (κ2) is 12.4. The summed E-state index contributed by atoms with van der Waals surface area (Å²) in [5.74, 6) is -1.61. The van der Waals surface area contributed by atoms with Crippen LogP contribution in [0.15, 0.2) is 84.9 Å². The van der Waals surface area contributed by atoms with Gasteiger partial charge in [0.2, 0.25) is 0 Å². The molecule has 0 fully saturated rings. The molecule has 0 heterocycles. The van der Waals surface area contributed by atoms with Gasteiger partial charge < -0.3 is 18.6 Å². The Morgan fingerprint density at radius 1 is 0.725 bits per heavy atom. The Balaban J connectivity index is 1.68. The van der Waals surface area contributed by atoms with E-state index in [9.17, 15) is 22.3 Å². The maximum atomic E-state index is 15.1. The lowest BCUT2D eigenvalue weighted by molar-refractivity contribution is 0.0601. The summed E-state index contributed by atoms with van der Waals surface area (Å²) < 4.78 is 75.7. The summed E-state index contributed by atoms with van der Waals surface area (Å²) in [4.78, 5) is 12.6. The van der Waals surface area contributed by atoms with E-state index < -0.39 is 34.3 Å². The number of nitrogens with zero attached hydrogens (tertiary/aromatic N) is 2. The molecule has 9 nitrogen and oxygen atoms in total. The summed E-state index contributed by atoms with van der Waals surface area (Å²) in [6.45, 7) is 3.69. The third-order valence-corrected chi connectivity index (χ3v) is 7.21. The van der Waals surface area contributed by atoms with Crippen molar-refractivity contribution in [3.05, 3.63) is 107 Å². The third kappa shape index (κ3) is 6.37. The van der Waals surface area contributed by atoms with E-state index in [1.165, 1.54) is 30.3 Å². The standard InChI is InChI=1S/C28H25FN2O7S2/c1-18-4-8-20(9-5-18)30(39(33)34)26-14-12-22(16-24(26)28(32)37-3)38-23-13-15-27(25(29)17-23)31(40(35)36)21-10-6-19(2)7-11-21/h4-17H,1-3H3,(H,33,34)(H,35,36)/p-2. The van der Waals surface area contributed by atoms with Gasteiger partial charge in [0.05, 0.1) is 58.0 Å². The highest BCUT2D eigenvalue weighted by atomic mass is 32.2. The number of benzene rings is 4. The van der Waals surface area contributed by atoms with Gasteiger partial charge >= 0.3 is 5.97 Å². The predicted octanol–water partition coefficient (Wildman–Crippen LogP) is 5.89. The largest absolute Gasteiger partial charge is 0.755 e. The number of carbonyl (C=O) groups is 1. The van der Waals surface area contributed by atoms with Crippen molar-refractivity contribution in [2.24, 2.45) is 0 Å². The molecule has 0 bridgehead atoms. The van der Waals surface area contributed by atoms with Gasteiger partial charge in [0.25, 0.3) is 0 Å².